The highest BCUT2D eigenvalue weighted by molar-refractivity contribution is 5.95. The van der Waals surface area contributed by atoms with Gasteiger partial charge in [0.1, 0.15) is 0 Å². The van der Waals surface area contributed by atoms with Gasteiger partial charge in [-0.2, -0.15) is 0 Å². The van der Waals surface area contributed by atoms with Crippen LogP contribution in [0.5, 0.6) is 0 Å². The van der Waals surface area contributed by atoms with Gasteiger partial charge in [-0.1, -0.05) is 18.2 Å². The van der Waals surface area contributed by atoms with Crippen molar-refractivity contribution in [2.75, 3.05) is 54.0 Å². The summed E-state index contributed by atoms with van der Waals surface area (Å²) in [4.78, 5) is 14.2. The maximum Gasteiger partial charge on any atom is 0.251 e. The summed E-state index contributed by atoms with van der Waals surface area (Å²) in [6.07, 6.45) is 0.847. The van der Waals surface area contributed by atoms with Crippen molar-refractivity contribution < 1.29 is 9.53 Å². The Morgan fingerprint density at radius 1 is 1.19 bits per heavy atom. The highest BCUT2D eigenvalue weighted by Gasteiger charge is 2.09. The molecule has 0 aliphatic carbocycles. The van der Waals surface area contributed by atoms with Crippen molar-refractivity contribution in [2.24, 2.45) is 0 Å². The van der Waals surface area contributed by atoms with E-state index < -0.39 is 0 Å². The number of hydrogen-bond donors (Lipinski definition) is 2. The third-order valence-electron chi connectivity index (χ3n) is 3.12. The van der Waals surface area contributed by atoms with Crippen LogP contribution in [0, 0.1) is 0 Å². The average Bonchev–Trinajstić information content (AvgIpc) is 2.48. The lowest BCUT2D eigenvalue weighted by Gasteiger charge is -2.11. The molecule has 0 aliphatic heterocycles. The molecule has 0 unspecified atom stereocenters. The molecular formula is C16H27N3O2. The topological polar surface area (TPSA) is 53.6 Å². The number of benzene rings is 1. The van der Waals surface area contributed by atoms with Crippen LogP contribution < -0.4 is 10.6 Å². The van der Waals surface area contributed by atoms with Crippen molar-refractivity contribution >= 4 is 5.91 Å². The Kier molecular flexibility index (Phi) is 8.66. The van der Waals surface area contributed by atoms with Crippen LogP contribution >= 0.6 is 0 Å². The smallest absolute Gasteiger partial charge is 0.251 e. The molecule has 5 nitrogen and oxygen atoms in total. The number of nitrogens with one attached hydrogen (secondary N) is 2. The highest BCUT2D eigenvalue weighted by Crippen LogP contribution is 2.09. The molecule has 0 aromatic heterocycles. The van der Waals surface area contributed by atoms with Crippen LogP contribution in [0.4, 0.5) is 0 Å². The molecule has 0 saturated heterocycles. The molecule has 5 heteroatoms. The first-order chi connectivity index (χ1) is 10.1. The second-order valence-electron chi connectivity index (χ2n) is 5.18. The molecule has 0 radical (unpaired) electrons. The van der Waals surface area contributed by atoms with E-state index in [1.807, 2.05) is 45.4 Å². The number of likely N-dealkylation sites (N-methyl/N-ethyl adjacent to an activating group) is 2. The fraction of sp³-hybridized carbons (Fsp3) is 0.562. The number of hydrogen-bond acceptors (Lipinski definition) is 4. The molecule has 1 aromatic rings. The lowest BCUT2D eigenvalue weighted by atomic mass is 10.0. The van der Waals surface area contributed by atoms with Gasteiger partial charge in [-0.25, -0.2) is 0 Å². The zero-order valence-corrected chi connectivity index (χ0v) is 13.3. The molecule has 1 amide bonds. The standard InChI is InChI=1S/C16H27N3O2/c1-17-9-8-14-6-4-5-7-15(14)16(20)18-10-12-21-13-11-19(2)3/h4-7,17H,8-13H2,1-3H3,(H,18,20). The van der Waals surface area contributed by atoms with Crippen LogP contribution in [0.3, 0.4) is 0 Å². The Balaban J connectivity index is 2.34. The van der Waals surface area contributed by atoms with Gasteiger partial charge in [0, 0.05) is 18.7 Å². The molecule has 1 rings (SSSR count). The van der Waals surface area contributed by atoms with Gasteiger partial charge in [0.2, 0.25) is 0 Å². The van der Waals surface area contributed by atoms with E-state index in [2.05, 4.69) is 15.5 Å². The SMILES string of the molecule is CNCCc1ccccc1C(=O)NCCOCCN(C)C. The van der Waals surface area contributed by atoms with Gasteiger partial charge in [0.25, 0.3) is 5.91 Å². The molecule has 1 aromatic carbocycles. The van der Waals surface area contributed by atoms with E-state index in [4.69, 9.17) is 4.74 Å². The predicted molar refractivity (Wildman–Crippen MR) is 85.8 cm³/mol. The lowest BCUT2D eigenvalue weighted by Crippen LogP contribution is -2.29. The molecule has 0 spiro atoms. The Morgan fingerprint density at radius 3 is 2.67 bits per heavy atom. The normalized spacial score (nSPS) is 10.9. The maximum atomic E-state index is 12.2. The van der Waals surface area contributed by atoms with Gasteiger partial charge >= 0.3 is 0 Å². The largest absolute Gasteiger partial charge is 0.378 e. The summed E-state index contributed by atoms with van der Waals surface area (Å²) in [5, 5.41) is 6.01. The monoisotopic (exact) mass is 293 g/mol. The van der Waals surface area contributed by atoms with Crippen molar-refractivity contribution in [3.63, 3.8) is 0 Å². The van der Waals surface area contributed by atoms with E-state index in [1.165, 1.54) is 0 Å². The minimum absolute atomic E-state index is 0.0297. The predicted octanol–water partition coefficient (Wildman–Crippen LogP) is 0.757. The van der Waals surface area contributed by atoms with E-state index >= 15 is 0 Å². The van der Waals surface area contributed by atoms with Crippen LogP contribution in [-0.4, -0.2) is 64.8 Å². The van der Waals surface area contributed by atoms with Gasteiger partial charge in [0.05, 0.1) is 13.2 Å². The number of ether oxygens (including phenoxy) is 1. The van der Waals surface area contributed by atoms with Gasteiger partial charge in [-0.15, -0.1) is 0 Å². The summed E-state index contributed by atoms with van der Waals surface area (Å²) >= 11 is 0. The van der Waals surface area contributed by atoms with E-state index in [1.54, 1.807) is 0 Å². The highest BCUT2D eigenvalue weighted by atomic mass is 16.5. The fourth-order valence-corrected chi connectivity index (χ4v) is 1.90. The summed E-state index contributed by atoms with van der Waals surface area (Å²) < 4.78 is 5.46. The molecule has 0 atom stereocenters. The summed E-state index contributed by atoms with van der Waals surface area (Å²) in [7, 11) is 5.92. The second kappa shape index (κ2) is 10.3. The Hall–Kier alpha value is -1.43. The van der Waals surface area contributed by atoms with Crippen molar-refractivity contribution in [1.82, 2.24) is 15.5 Å². The van der Waals surface area contributed by atoms with Gasteiger partial charge < -0.3 is 20.3 Å². The van der Waals surface area contributed by atoms with Crippen molar-refractivity contribution in [2.45, 2.75) is 6.42 Å². The summed E-state index contributed by atoms with van der Waals surface area (Å²) in [5.41, 5.74) is 1.82. The second-order valence-corrected chi connectivity index (χ2v) is 5.18. The maximum absolute atomic E-state index is 12.2. The van der Waals surface area contributed by atoms with Gasteiger partial charge in [-0.3, -0.25) is 4.79 Å². The van der Waals surface area contributed by atoms with Crippen molar-refractivity contribution in [3.8, 4) is 0 Å². The minimum Gasteiger partial charge on any atom is -0.378 e. The van der Waals surface area contributed by atoms with Gasteiger partial charge in [-0.05, 0) is 45.7 Å². The number of rotatable bonds is 10. The first-order valence-electron chi connectivity index (χ1n) is 7.38. The Morgan fingerprint density at radius 2 is 1.95 bits per heavy atom. The van der Waals surface area contributed by atoms with Crippen LogP contribution in [0.1, 0.15) is 15.9 Å². The molecule has 118 valence electrons. The minimum atomic E-state index is -0.0297. The zero-order valence-electron chi connectivity index (χ0n) is 13.3. The molecule has 0 fully saturated rings. The molecule has 0 aliphatic rings. The van der Waals surface area contributed by atoms with Crippen LogP contribution in [0.2, 0.25) is 0 Å². The first-order valence-corrected chi connectivity index (χ1v) is 7.38. The average molecular weight is 293 g/mol. The molecular weight excluding hydrogens is 266 g/mol. The fourth-order valence-electron chi connectivity index (χ4n) is 1.90. The Bertz CT molecular complexity index is 422. The third kappa shape index (κ3) is 7.22. The first kappa shape index (κ1) is 17.6. The van der Waals surface area contributed by atoms with Crippen LogP contribution in [0.15, 0.2) is 24.3 Å². The van der Waals surface area contributed by atoms with E-state index in [9.17, 15) is 4.79 Å². The quantitative estimate of drug-likeness (QED) is 0.625. The number of carbonyl (C=O) groups is 1. The third-order valence-corrected chi connectivity index (χ3v) is 3.12. The van der Waals surface area contributed by atoms with Crippen LogP contribution in [-0.2, 0) is 11.2 Å². The summed E-state index contributed by atoms with van der Waals surface area (Å²) in [6, 6.07) is 7.73. The molecule has 2 N–H and O–H groups in total. The number of nitrogens with zero attached hydrogens (tertiary/aromatic N) is 1. The molecule has 0 heterocycles. The van der Waals surface area contributed by atoms with Crippen LogP contribution in [0.25, 0.3) is 0 Å². The van der Waals surface area contributed by atoms with Gasteiger partial charge in [0.15, 0.2) is 0 Å². The number of amides is 1. The lowest BCUT2D eigenvalue weighted by molar-refractivity contribution is 0.0899. The van der Waals surface area contributed by atoms with Crippen molar-refractivity contribution in [3.05, 3.63) is 35.4 Å². The van der Waals surface area contributed by atoms with E-state index in [0.717, 1.165) is 30.6 Å². The number of carbonyl (C=O) groups excluding carboxylic acids is 1. The molecule has 0 bridgehead atoms. The zero-order chi connectivity index (χ0) is 15.5. The van der Waals surface area contributed by atoms with Crippen molar-refractivity contribution in [1.29, 1.82) is 0 Å². The van der Waals surface area contributed by atoms with E-state index in [0.29, 0.717) is 19.8 Å². The Labute approximate surface area is 127 Å². The summed E-state index contributed by atoms with van der Waals surface area (Å²) in [6.45, 7) is 3.51. The molecule has 0 saturated carbocycles. The summed E-state index contributed by atoms with van der Waals surface area (Å²) in [5.74, 6) is -0.0297. The van der Waals surface area contributed by atoms with E-state index in [-0.39, 0.29) is 5.91 Å². The molecule has 21 heavy (non-hydrogen) atoms.